The number of hydrogen-bond donors (Lipinski definition) is 2. The average molecular weight is 294 g/mol. The molecule has 2 aromatic carbocycles. The molecule has 0 amide bonds. The van der Waals surface area contributed by atoms with E-state index in [1.165, 1.54) is 11.1 Å². The first kappa shape index (κ1) is 16.5. The summed E-state index contributed by atoms with van der Waals surface area (Å²) in [5, 5.41) is 6.82. The van der Waals surface area contributed by atoms with Gasteiger partial charge in [-0.2, -0.15) is 0 Å². The van der Waals surface area contributed by atoms with Crippen molar-refractivity contribution < 1.29 is 0 Å². The van der Waals surface area contributed by atoms with Crippen molar-refractivity contribution in [3.63, 3.8) is 0 Å². The minimum atomic E-state index is 0.455. The van der Waals surface area contributed by atoms with E-state index in [4.69, 9.17) is 0 Å². The predicted molar refractivity (Wildman–Crippen MR) is 95.3 cm³/mol. The van der Waals surface area contributed by atoms with Crippen LogP contribution in [0.2, 0.25) is 0 Å². The fraction of sp³-hybridized carbons (Fsp3) is 0.300. The molecule has 0 aliphatic heterocycles. The van der Waals surface area contributed by atoms with Gasteiger partial charge in [-0.05, 0) is 24.1 Å². The summed E-state index contributed by atoms with van der Waals surface area (Å²) in [4.78, 5) is 0. The molecular weight excluding hydrogens is 268 g/mol. The van der Waals surface area contributed by atoms with E-state index in [2.05, 4.69) is 77.9 Å². The fourth-order valence-corrected chi connectivity index (χ4v) is 2.65. The average Bonchev–Trinajstić information content (AvgIpc) is 2.59. The van der Waals surface area contributed by atoms with E-state index in [0.29, 0.717) is 5.92 Å². The summed E-state index contributed by atoms with van der Waals surface area (Å²) in [5.74, 6) is 0.455. The van der Waals surface area contributed by atoms with Crippen molar-refractivity contribution in [2.45, 2.75) is 12.3 Å². The van der Waals surface area contributed by atoms with Gasteiger partial charge in [-0.1, -0.05) is 66.7 Å². The SMILES string of the molecule is C=CCNCCNCCC(c1ccccc1)c1ccccc1. The maximum absolute atomic E-state index is 3.70. The molecule has 0 heterocycles. The molecule has 0 aliphatic carbocycles. The Balaban J connectivity index is 1.88. The Morgan fingerprint density at radius 2 is 1.32 bits per heavy atom. The summed E-state index contributed by atoms with van der Waals surface area (Å²) >= 11 is 0. The van der Waals surface area contributed by atoms with Crippen LogP contribution in [0, 0.1) is 0 Å². The molecule has 0 saturated heterocycles. The number of benzene rings is 2. The van der Waals surface area contributed by atoms with Crippen LogP contribution in [-0.2, 0) is 0 Å². The summed E-state index contributed by atoms with van der Waals surface area (Å²) in [5.41, 5.74) is 2.78. The van der Waals surface area contributed by atoms with Crippen molar-refractivity contribution in [2.24, 2.45) is 0 Å². The number of nitrogens with one attached hydrogen (secondary N) is 2. The Bertz CT molecular complexity index is 482. The van der Waals surface area contributed by atoms with E-state index in [1.54, 1.807) is 0 Å². The lowest BCUT2D eigenvalue weighted by Gasteiger charge is -2.18. The summed E-state index contributed by atoms with van der Waals surface area (Å²) in [6, 6.07) is 21.6. The van der Waals surface area contributed by atoms with Gasteiger partial charge in [-0.3, -0.25) is 0 Å². The maximum atomic E-state index is 3.70. The van der Waals surface area contributed by atoms with E-state index < -0.39 is 0 Å². The fourth-order valence-electron chi connectivity index (χ4n) is 2.65. The minimum Gasteiger partial charge on any atom is -0.315 e. The van der Waals surface area contributed by atoms with Crippen LogP contribution < -0.4 is 10.6 Å². The molecule has 0 radical (unpaired) electrons. The zero-order valence-electron chi connectivity index (χ0n) is 13.2. The Morgan fingerprint density at radius 1 is 0.773 bits per heavy atom. The van der Waals surface area contributed by atoms with Crippen molar-refractivity contribution in [1.82, 2.24) is 10.6 Å². The third-order valence-corrected chi connectivity index (χ3v) is 3.78. The predicted octanol–water partition coefficient (Wildman–Crippen LogP) is 3.57. The molecule has 22 heavy (non-hydrogen) atoms. The second-order valence-electron chi connectivity index (χ2n) is 5.41. The molecule has 0 spiro atoms. The van der Waals surface area contributed by atoms with Crippen LogP contribution in [-0.4, -0.2) is 26.2 Å². The highest BCUT2D eigenvalue weighted by Crippen LogP contribution is 2.27. The summed E-state index contributed by atoms with van der Waals surface area (Å²) in [6.07, 6.45) is 3.00. The number of rotatable bonds is 10. The third-order valence-electron chi connectivity index (χ3n) is 3.78. The van der Waals surface area contributed by atoms with E-state index in [1.807, 2.05) is 6.08 Å². The van der Waals surface area contributed by atoms with Gasteiger partial charge >= 0.3 is 0 Å². The van der Waals surface area contributed by atoms with Gasteiger partial charge in [0.25, 0.3) is 0 Å². The lowest BCUT2D eigenvalue weighted by Crippen LogP contribution is -2.28. The van der Waals surface area contributed by atoms with Crippen LogP contribution in [0.15, 0.2) is 73.3 Å². The van der Waals surface area contributed by atoms with E-state index in [-0.39, 0.29) is 0 Å². The first-order chi connectivity index (χ1) is 10.9. The monoisotopic (exact) mass is 294 g/mol. The molecule has 116 valence electrons. The minimum absolute atomic E-state index is 0.455. The quantitative estimate of drug-likeness (QED) is 0.517. The van der Waals surface area contributed by atoms with E-state index in [0.717, 1.165) is 32.6 Å². The summed E-state index contributed by atoms with van der Waals surface area (Å²) < 4.78 is 0. The molecule has 0 fully saturated rings. The highest BCUT2D eigenvalue weighted by Gasteiger charge is 2.12. The smallest absolute Gasteiger partial charge is 0.0132 e. The molecule has 2 rings (SSSR count). The van der Waals surface area contributed by atoms with Gasteiger partial charge in [-0.15, -0.1) is 6.58 Å². The second-order valence-corrected chi connectivity index (χ2v) is 5.41. The first-order valence-electron chi connectivity index (χ1n) is 8.04. The molecule has 2 N–H and O–H groups in total. The first-order valence-corrected chi connectivity index (χ1v) is 8.04. The highest BCUT2D eigenvalue weighted by molar-refractivity contribution is 5.32. The Labute approximate surface area is 134 Å². The van der Waals surface area contributed by atoms with Gasteiger partial charge in [-0.25, -0.2) is 0 Å². The van der Waals surface area contributed by atoms with Crippen LogP contribution in [0.3, 0.4) is 0 Å². The highest BCUT2D eigenvalue weighted by atomic mass is 14.9. The maximum Gasteiger partial charge on any atom is 0.0132 e. The van der Waals surface area contributed by atoms with Gasteiger partial charge in [0, 0.05) is 25.6 Å². The van der Waals surface area contributed by atoms with Crippen molar-refractivity contribution in [3.05, 3.63) is 84.4 Å². The Hall–Kier alpha value is -1.90. The Kier molecular flexibility index (Phi) is 7.44. The van der Waals surface area contributed by atoms with Gasteiger partial charge in [0.15, 0.2) is 0 Å². The van der Waals surface area contributed by atoms with Gasteiger partial charge in [0.2, 0.25) is 0 Å². The van der Waals surface area contributed by atoms with Gasteiger partial charge < -0.3 is 10.6 Å². The van der Waals surface area contributed by atoms with E-state index >= 15 is 0 Å². The molecule has 0 bridgehead atoms. The topological polar surface area (TPSA) is 24.1 Å². The molecule has 0 atom stereocenters. The van der Waals surface area contributed by atoms with Crippen LogP contribution in [0.25, 0.3) is 0 Å². The van der Waals surface area contributed by atoms with Crippen LogP contribution in [0.1, 0.15) is 23.5 Å². The third kappa shape index (κ3) is 5.47. The molecule has 0 aliphatic rings. The van der Waals surface area contributed by atoms with Crippen LogP contribution in [0.5, 0.6) is 0 Å². The summed E-state index contributed by atoms with van der Waals surface area (Å²) in [7, 11) is 0. The van der Waals surface area contributed by atoms with Gasteiger partial charge in [0.1, 0.15) is 0 Å². The normalized spacial score (nSPS) is 10.8. The summed E-state index contributed by atoms with van der Waals surface area (Å²) in [6.45, 7) is 7.56. The number of hydrogen-bond acceptors (Lipinski definition) is 2. The van der Waals surface area contributed by atoms with Gasteiger partial charge in [0.05, 0.1) is 0 Å². The zero-order valence-corrected chi connectivity index (χ0v) is 13.2. The Morgan fingerprint density at radius 3 is 1.86 bits per heavy atom. The molecule has 2 nitrogen and oxygen atoms in total. The molecule has 0 saturated carbocycles. The van der Waals surface area contributed by atoms with Crippen LogP contribution in [0.4, 0.5) is 0 Å². The lowest BCUT2D eigenvalue weighted by molar-refractivity contribution is 0.590. The van der Waals surface area contributed by atoms with Crippen molar-refractivity contribution in [1.29, 1.82) is 0 Å². The van der Waals surface area contributed by atoms with Crippen LogP contribution >= 0.6 is 0 Å². The van der Waals surface area contributed by atoms with Crippen molar-refractivity contribution in [2.75, 3.05) is 26.2 Å². The van der Waals surface area contributed by atoms with E-state index in [9.17, 15) is 0 Å². The van der Waals surface area contributed by atoms with Crippen molar-refractivity contribution >= 4 is 0 Å². The largest absolute Gasteiger partial charge is 0.315 e. The zero-order chi connectivity index (χ0) is 15.5. The molecule has 0 aromatic heterocycles. The molecule has 0 unspecified atom stereocenters. The molecular formula is C20H26N2. The second kappa shape index (κ2) is 9.93. The lowest BCUT2D eigenvalue weighted by atomic mass is 9.88. The molecule has 2 aromatic rings. The van der Waals surface area contributed by atoms with Crippen molar-refractivity contribution in [3.8, 4) is 0 Å². The molecule has 2 heteroatoms. The standard InChI is InChI=1S/C20H26N2/c1-2-14-21-16-17-22-15-13-20(18-9-5-3-6-10-18)19-11-7-4-8-12-19/h2-12,20-22H,1,13-17H2.